The van der Waals surface area contributed by atoms with Crippen LogP contribution in [0.5, 0.6) is 0 Å². The van der Waals surface area contributed by atoms with Crippen molar-refractivity contribution >= 4 is 0 Å². The van der Waals surface area contributed by atoms with Crippen LogP contribution < -0.4 is 0 Å². The molecular weight excluding hydrogens is 162 g/mol. The zero-order valence-corrected chi connectivity index (χ0v) is 6.82. The molecule has 2 nitrogen and oxygen atoms in total. The van der Waals surface area contributed by atoms with Gasteiger partial charge >= 0.3 is 0 Å². The van der Waals surface area contributed by atoms with Gasteiger partial charge in [0.15, 0.2) is 0 Å². The van der Waals surface area contributed by atoms with E-state index in [1.165, 1.54) is 0 Å². The number of aryl methyl sites for hydroxylation is 1. The SMILES string of the molecule is C.Cc1cnc(-c2ccccc2)o1. The highest BCUT2D eigenvalue weighted by molar-refractivity contribution is 5.52. The first-order chi connectivity index (χ1) is 5.86. The minimum absolute atomic E-state index is 0. The first-order valence-electron chi connectivity index (χ1n) is 3.84. The Bertz CT molecular complexity index is 365. The summed E-state index contributed by atoms with van der Waals surface area (Å²) in [5.74, 6) is 1.53. The number of hydrogen-bond acceptors (Lipinski definition) is 2. The fraction of sp³-hybridized carbons (Fsp3) is 0.182. The molecule has 0 aliphatic heterocycles. The molecule has 0 atom stereocenters. The molecule has 0 saturated carbocycles. The molecule has 2 aromatic rings. The Morgan fingerprint density at radius 2 is 1.85 bits per heavy atom. The van der Waals surface area contributed by atoms with Crippen molar-refractivity contribution in [2.75, 3.05) is 0 Å². The number of nitrogens with zero attached hydrogens (tertiary/aromatic N) is 1. The zero-order valence-electron chi connectivity index (χ0n) is 6.82. The Labute approximate surface area is 78.2 Å². The Kier molecular flexibility index (Phi) is 2.85. The van der Waals surface area contributed by atoms with E-state index in [9.17, 15) is 0 Å². The van der Waals surface area contributed by atoms with Gasteiger partial charge in [0.05, 0.1) is 6.20 Å². The highest BCUT2D eigenvalue weighted by atomic mass is 16.4. The van der Waals surface area contributed by atoms with E-state index in [4.69, 9.17) is 4.42 Å². The Morgan fingerprint density at radius 3 is 2.38 bits per heavy atom. The average molecular weight is 175 g/mol. The third-order valence-corrected chi connectivity index (χ3v) is 1.64. The Balaban J connectivity index is 0.000000845. The maximum Gasteiger partial charge on any atom is 0.226 e. The van der Waals surface area contributed by atoms with Crippen LogP contribution in [-0.4, -0.2) is 4.98 Å². The average Bonchev–Trinajstić information content (AvgIpc) is 2.54. The van der Waals surface area contributed by atoms with Crippen LogP contribution in [0.4, 0.5) is 0 Å². The van der Waals surface area contributed by atoms with Gasteiger partial charge in [0.25, 0.3) is 0 Å². The molecule has 2 heteroatoms. The molecule has 0 saturated heterocycles. The molecule has 13 heavy (non-hydrogen) atoms. The van der Waals surface area contributed by atoms with Gasteiger partial charge in [-0.05, 0) is 19.1 Å². The monoisotopic (exact) mass is 175 g/mol. The predicted octanol–water partition coefficient (Wildman–Crippen LogP) is 3.29. The number of hydrogen-bond donors (Lipinski definition) is 0. The van der Waals surface area contributed by atoms with Gasteiger partial charge in [0.1, 0.15) is 5.76 Å². The number of rotatable bonds is 1. The van der Waals surface area contributed by atoms with Gasteiger partial charge in [0, 0.05) is 5.56 Å². The summed E-state index contributed by atoms with van der Waals surface area (Å²) in [7, 11) is 0. The molecule has 0 aliphatic rings. The van der Waals surface area contributed by atoms with Crippen LogP contribution in [0.3, 0.4) is 0 Å². The largest absolute Gasteiger partial charge is 0.441 e. The second-order valence-corrected chi connectivity index (χ2v) is 2.64. The van der Waals surface area contributed by atoms with Crippen LogP contribution in [0.25, 0.3) is 11.5 Å². The van der Waals surface area contributed by atoms with E-state index in [-0.39, 0.29) is 7.43 Å². The van der Waals surface area contributed by atoms with Crippen LogP contribution in [0.2, 0.25) is 0 Å². The van der Waals surface area contributed by atoms with Crippen molar-refractivity contribution in [3.8, 4) is 11.5 Å². The molecule has 0 fully saturated rings. The summed E-state index contributed by atoms with van der Waals surface area (Å²) in [5, 5.41) is 0. The summed E-state index contributed by atoms with van der Waals surface area (Å²) in [6.07, 6.45) is 1.72. The molecule has 1 heterocycles. The van der Waals surface area contributed by atoms with Crippen LogP contribution in [0, 0.1) is 6.92 Å². The standard InChI is InChI=1S/C10H9NO.CH4/c1-8-7-11-10(12-8)9-5-3-2-4-6-9;/h2-7H,1H3;1H4. The van der Waals surface area contributed by atoms with Crippen molar-refractivity contribution in [2.24, 2.45) is 0 Å². The van der Waals surface area contributed by atoms with Gasteiger partial charge in [-0.25, -0.2) is 4.98 Å². The normalized spacial score (nSPS) is 9.31. The Hall–Kier alpha value is -1.57. The fourth-order valence-corrected chi connectivity index (χ4v) is 1.07. The molecule has 1 aromatic heterocycles. The lowest BCUT2D eigenvalue weighted by Gasteiger charge is -1.91. The van der Waals surface area contributed by atoms with E-state index in [0.717, 1.165) is 11.3 Å². The van der Waals surface area contributed by atoms with Crippen molar-refractivity contribution < 1.29 is 4.42 Å². The molecule has 1 aromatic carbocycles. The zero-order chi connectivity index (χ0) is 8.39. The van der Waals surface area contributed by atoms with E-state index in [1.807, 2.05) is 37.3 Å². The summed E-state index contributed by atoms with van der Waals surface area (Å²) in [5.41, 5.74) is 1.02. The molecule has 68 valence electrons. The summed E-state index contributed by atoms with van der Waals surface area (Å²) < 4.78 is 5.36. The lowest BCUT2D eigenvalue weighted by atomic mass is 10.2. The predicted molar refractivity (Wildman–Crippen MR) is 53.4 cm³/mol. The number of oxazole rings is 1. The molecule has 0 amide bonds. The second kappa shape index (κ2) is 3.90. The van der Waals surface area contributed by atoms with Crippen LogP contribution in [-0.2, 0) is 0 Å². The third-order valence-electron chi connectivity index (χ3n) is 1.64. The van der Waals surface area contributed by atoms with Crippen LogP contribution in [0.15, 0.2) is 40.9 Å². The first-order valence-corrected chi connectivity index (χ1v) is 3.84. The van der Waals surface area contributed by atoms with Gasteiger partial charge in [0.2, 0.25) is 5.89 Å². The quantitative estimate of drug-likeness (QED) is 0.664. The topological polar surface area (TPSA) is 26.0 Å². The summed E-state index contributed by atoms with van der Waals surface area (Å²) in [6, 6.07) is 9.86. The van der Waals surface area contributed by atoms with E-state index in [2.05, 4.69) is 4.98 Å². The van der Waals surface area contributed by atoms with Gasteiger partial charge in [-0.3, -0.25) is 0 Å². The molecule has 0 unspecified atom stereocenters. The molecule has 0 radical (unpaired) electrons. The van der Waals surface area contributed by atoms with E-state index >= 15 is 0 Å². The van der Waals surface area contributed by atoms with E-state index in [1.54, 1.807) is 6.20 Å². The molecule has 0 N–H and O–H groups in total. The van der Waals surface area contributed by atoms with Gasteiger partial charge in [-0.2, -0.15) is 0 Å². The first kappa shape index (κ1) is 9.52. The van der Waals surface area contributed by atoms with Crippen LogP contribution in [0.1, 0.15) is 13.2 Å². The van der Waals surface area contributed by atoms with Crippen molar-refractivity contribution in [3.05, 3.63) is 42.3 Å². The second-order valence-electron chi connectivity index (χ2n) is 2.64. The lowest BCUT2D eigenvalue weighted by Crippen LogP contribution is -1.73. The summed E-state index contributed by atoms with van der Waals surface area (Å²) >= 11 is 0. The molecule has 0 spiro atoms. The molecule has 2 rings (SSSR count). The highest BCUT2D eigenvalue weighted by Gasteiger charge is 2.01. The lowest BCUT2D eigenvalue weighted by molar-refractivity contribution is 0.542. The number of benzene rings is 1. The van der Waals surface area contributed by atoms with Gasteiger partial charge in [-0.15, -0.1) is 0 Å². The fourth-order valence-electron chi connectivity index (χ4n) is 1.07. The minimum atomic E-state index is 0. The molecule has 0 bridgehead atoms. The summed E-state index contributed by atoms with van der Waals surface area (Å²) in [4.78, 5) is 4.12. The van der Waals surface area contributed by atoms with Gasteiger partial charge in [-0.1, -0.05) is 25.6 Å². The molecular formula is C11H13NO. The van der Waals surface area contributed by atoms with Crippen molar-refractivity contribution in [2.45, 2.75) is 14.4 Å². The number of aromatic nitrogens is 1. The van der Waals surface area contributed by atoms with Crippen LogP contribution >= 0.6 is 0 Å². The maximum atomic E-state index is 5.36. The van der Waals surface area contributed by atoms with Crippen molar-refractivity contribution in [1.29, 1.82) is 0 Å². The minimum Gasteiger partial charge on any atom is -0.441 e. The third kappa shape index (κ3) is 1.96. The van der Waals surface area contributed by atoms with E-state index < -0.39 is 0 Å². The highest BCUT2D eigenvalue weighted by Crippen LogP contribution is 2.17. The maximum absolute atomic E-state index is 5.36. The van der Waals surface area contributed by atoms with E-state index in [0.29, 0.717) is 5.89 Å². The Morgan fingerprint density at radius 1 is 1.15 bits per heavy atom. The van der Waals surface area contributed by atoms with Crippen molar-refractivity contribution in [1.82, 2.24) is 4.98 Å². The van der Waals surface area contributed by atoms with Gasteiger partial charge < -0.3 is 4.42 Å². The van der Waals surface area contributed by atoms with Crippen molar-refractivity contribution in [3.63, 3.8) is 0 Å². The summed E-state index contributed by atoms with van der Waals surface area (Å²) in [6.45, 7) is 1.89. The molecule has 0 aliphatic carbocycles. The smallest absolute Gasteiger partial charge is 0.226 e.